The number of rotatable bonds is 6. The van der Waals surface area contributed by atoms with Crippen LogP contribution in [0.4, 0.5) is 4.39 Å². The van der Waals surface area contributed by atoms with E-state index in [1.165, 1.54) is 24.5 Å². The van der Waals surface area contributed by atoms with Crippen LogP contribution in [0.25, 0.3) is 0 Å². The molecular weight excluding hydrogens is 355 g/mol. The molecule has 0 atom stereocenters. The van der Waals surface area contributed by atoms with Crippen molar-refractivity contribution in [2.75, 3.05) is 39.8 Å². The van der Waals surface area contributed by atoms with Crippen LogP contribution in [0, 0.1) is 5.82 Å². The van der Waals surface area contributed by atoms with E-state index in [9.17, 15) is 9.18 Å². The third-order valence-electron chi connectivity index (χ3n) is 4.41. The fourth-order valence-corrected chi connectivity index (χ4v) is 3.77. The summed E-state index contributed by atoms with van der Waals surface area (Å²) in [4.78, 5) is 21.0. The van der Waals surface area contributed by atoms with Crippen LogP contribution in [0.3, 0.4) is 0 Å². The molecule has 8 heteroatoms. The minimum Gasteiger partial charge on any atom is -0.494 e. The van der Waals surface area contributed by atoms with Crippen LogP contribution >= 0.6 is 11.3 Å². The summed E-state index contributed by atoms with van der Waals surface area (Å²) in [5, 5.41) is 2.70. The van der Waals surface area contributed by atoms with E-state index in [1.807, 2.05) is 11.0 Å². The Morgan fingerprint density at radius 1 is 1.35 bits per heavy atom. The summed E-state index contributed by atoms with van der Waals surface area (Å²) in [5.41, 5.74) is 6.93. The molecule has 1 saturated heterocycles. The SMILES string of the molecule is COc1ccc(CN2CCN(C(=O)c3csc(CCN)n3)CC2)cc1F. The van der Waals surface area contributed by atoms with E-state index >= 15 is 0 Å². The number of methoxy groups -OCH3 is 1. The van der Waals surface area contributed by atoms with E-state index in [1.54, 1.807) is 11.4 Å². The number of piperazine rings is 1. The average molecular weight is 378 g/mol. The number of aromatic nitrogens is 1. The summed E-state index contributed by atoms with van der Waals surface area (Å²) < 4.78 is 18.8. The lowest BCUT2D eigenvalue weighted by molar-refractivity contribution is 0.0623. The lowest BCUT2D eigenvalue weighted by Crippen LogP contribution is -2.48. The number of hydrogen-bond acceptors (Lipinski definition) is 6. The molecule has 140 valence electrons. The summed E-state index contributed by atoms with van der Waals surface area (Å²) >= 11 is 1.48. The van der Waals surface area contributed by atoms with Gasteiger partial charge in [0.25, 0.3) is 5.91 Å². The van der Waals surface area contributed by atoms with Crippen LogP contribution < -0.4 is 10.5 Å². The zero-order chi connectivity index (χ0) is 18.5. The number of nitrogens with two attached hydrogens (primary N) is 1. The van der Waals surface area contributed by atoms with Gasteiger partial charge in [0.15, 0.2) is 11.6 Å². The number of halogens is 1. The molecule has 3 rings (SSSR count). The minimum atomic E-state index is -0.351. The van der Waals surface area contributed by atoms with Gasteiger partial charge in [-0.1, -0.05) is 6.07 Å². The Bertz CT molecular complexity index is 759. The first-order chi connectivity index (χ1) is 12.6. The molecule has 0 radical (unpaired) electrons. The largest absolute Gasteiger partial charge is 0.494 e. The van der Waals surface area contributed by atoms with Crippen LogP contribution in [0.15, 0.2) is 23.6 Å². The van der Waals surface area contributed by atoms with Crippen LogP contribution in [0.1, 0.15) is 21.1 Å². The van der Waals surface area contributed by atoms with E-state index in [0.717, 1.165) is 23.7 Å². The van der Waals surface area contributed by atoms with Gasteiger partial charge in [0.1, 0.15) is 5.69 Å². The normalized spacial score (nSPS) is 15.3. The molecule has 0 aliphatic carbocycles. The van der Waals surface area contributed by atoms with Gasteiger partial charge < -0.3 is 15.4 Å². The number of benzene rings is 1. The van der Waals surface area contributed by atoms with E-state index in [4.69, 9.17) is 10.5 Å². The van der Waals surface area contributed by atoms with Crippen molar-refractivity contribution in [2.45, 2.75) is 13.0 Å². The van der Waals surface area contributed by atoms with Crippen molar-refractivity contribution in [1.82, 2.24) is 14.8 Å². The fraction of sp³-hybridized carbons (Fsp3) is 0.444. The van der Waals surface area contributed by atoms with Gasteiger partial charge in [-0.25, -0.2) is 9.37 Å². The number of thiazole rings is 1. The quantitative estimate of drug-likeness (QED) is 0.829. The molecule has 2 heterocycles. The maximum atomic E-state index is 13.8. The maximum absolute atomic E-state index is 13.8. The highest BCUT2D eigenvalue weighted by atomic mass is 32.1. The van der Waals surface area contributed by atoms with Gasteiger partial charge in [0, 0.05) is 44.5 Å². The molecule has 0 saturated carbocycles. The van der Waals surface area contributed by atoms with Crippen molar-refractivity contribution in [3.8, 4) is 5.75 Å². The van der Waals surface area contributed by atoms with Gasteiger partial charge in [0.05, 0.1) is 12.1 Å². The third-order valence-corrected chi connectivity index (χ3v) is 5.32. The van der Waals surface area contributed by atoms with E-state index in [0.29, 0.717) is 38.3 Å². The molecule has 0 unspecified atom stereocenters. The summed E-state index contributed by atoms with van der Waals surface area (Å²) in [6.45, 7) is 3.97. The zero-order valence-corrected chi connectivity index (χ0v) is 15.6. The Labute approximate surface area is 156 Å². The Hall–Kier alpha value is -2.03. The Morgan fingerprint density at radius 2 is 2.12 bits per heavy atom. The van der Waals surface area contributed by atoms with Gasteiger partial charge in [-0.15, -0.1) is 11.3 Å². The number of nitrogens with zero attached hydrogens (tertiary/aromatic N) is 3. The summed E-state index contributed by atoms with van der Waals surface area (Å²) in [6, 6.07) is 5.02. The average Bonchev–Trinajstić information content (AvgIpc) is 3.11. The van der Waals surface area contributed by atoms with E-state index in [-0.39, 0.29) is 17.5 Å². The summed E-state index contributed by atoms with van der Waals surface area (Å²) in [7, 11) is 1.45. The van der Waals surface area contributed by atoms with Crippen molar-refractivity contribution in [1.29, 1.82) is 0 Å². The zero-order valence-electron chi connectivity index (χ0n) is 14.8. The lowest BCUT2D eigenvalue weighted by Gasteiger charge is -2.34. The van der Waals surface area contributed by atoms with Crippen molar-refractivity contribution >= 4 is 17.2 Å². The third kappa shape index (κ3) is 4.38. The molecule has 1 fully saturated rings. The van der Waals surface area contributed by atoms with Gasteiger partial charge in [-0.2, -0.15) is 0 Å². The molecule has 6 nitrogen and oxygen atoms in total. The molecule has 2 N–H and O–H groups in total. The van der Waals surface area contributed by atoms with Gasteiger partial charge in [-0.05, 0) is 24.2 Å². The highest BCUT2D eigenvalue weighted by Gasteiger charge is 2.24. The number of carbonyl (C=O) groups excluding carboxylic acids is 1. The second kappa shape index (κ2) is 8.57. The summed E-state index contributed by atoms with van der Waals surface area (Å²) in [6.07, 6.45) is 0.699. The van der Waals surface area contributed by atoms with Gasteiger partial charge >= 0.3 is 0 Å². The number of amides is 1. The first kappa shape index (κ1) is 18.8. The molecule has 1 aliphatic heterocycles. The van der Waals surface area contributed by atoms with Gasteiger partial charge in [0.2, 0.25) is 0 Å². The highest BCUT2D eigenvalue weighted by Crippen LogP contribution is 2.19. The predicted molar refractivity (Wildman–Crippen MR) is 99.0 cm³/mol. The molecule has 1 aliphatic rings. The molecule has 2 aromatic rings. The van der Waals surface area contributed by atoms with Crippen LogP contribution in [0.5, 0.6) is 5.75 Å². The molecule has 26 heavy (non-hydrogen) atoms. The van der Waals surface area contributed by atoms with Crippen LogP contribution in [0.2, 0.25) is 0 Å². The molecule has 1 aromatic carbocycles. The van der Waals surface area contributed by atoms with Crippen molar-refractivity contribution in [3.05, 3.63) is 45.7 Å². The smallest absolute Gasteiger partial charge is 0.273 e. The fourth-order valence-electron chi connectivity index (χ4n) is 2.98. The van der Waals surface area contributed by atoms with Crippen molar-refractivity contribution in [2.24, 2.45) is 5.73 Å². The Balaban J connectivity index is 1.53. The molecule has 1 amide bonds. The van der Waals surface area contributed by atoms with E-state index in [2.05, 4.69) is 9.88 Å². The summed E-state index contributed by atoms with van der Waals surface area (Å²) in [5.74, 6) is -0.128. The van der Waals surface area contributed by atoms with Gasteiger partial charge in [-0.3, -0.25) is 9.69 Å². The lowest BCUT2D eigenvalue weighted by atomic mass is 10.1. The predicted octanol–water partition coefficient (Wildman–Crippen LogP) is 1.75. The number of hydrogen-bond donors (Lipinski definition) is 1. The second-order valence-electron chi connectivity index (χ2n) is 6.20. The van der Waals surface area contributed by atoms with Crippen LogP contribution in [-0.4, -0.2) is 60.5 Å². The molecule has 1 aromatic heterocycles. The molecule has 0 bridgehead atoms. The van der Waals surface area contributed by atoms with Crippen molar-refractivity contribution < 1.29 is 13.9 Å². The van der Waals surface area contributed by atoms with E-state index < -0.39 is 0 Å². The highest BCUT2D eigenvalue weighted by molar-refractivity contribution is 7.09. The number of ether oxygens (including phenoxy) is 1. The first-order valence-corrected chi connectivity index (χ1v) is 9.47. The second-order valence-corrected chi connectivity index (χ2v) is 7.15. The Kier molecular flexibility index (Phi) is 6.18. The number of carbonyl (C=O) groups is 1. The topological polar surface area (TPSA) is 71.7 Å². The monoisotopic (exact) mass is 378 g/mol. The van der Waals surface area contributed by atoms with Crippen LogP contribution in [-0.2, 0) is 13.0 Å². The Morgan fingerprint density at radius 3 is 2.77 bits per heavy atom. The standard InChI is InChI=1S/C18H23FN4O2S/c1-25-16-3-2-13(10-14(16)19)11-22-6-8-23(9-7-22)18(24)15-12-26-17(21-15)4-5-20/h2-3,10,12H,4-9,11,20H2,1H3. The minimum absolute atomic E-state index is 0.0281. The maximum Gasteiger partial charge on any atom is 0.273 e. The molecule has 0 spiro atoms. The molecular formula is C18H23FN4O2S. The first-order valence-electron chi connectivity index (χ1n) is 8.59. The van der Waals surface area contributed by atoms with Crippen molar-refractivity contribution in [3.63, 3.8) is 0 Å².